The summed E-state index contributed by atoms with van der Waals surface area (Å²) >= 11 is 0. The molecule has 0 bridgehead atoms. The van der Waals surface area contributed by atoms with Gasteiger partial charge < -0.3 is 14.4 Å². The van der Waals surface area contributed by atoms with Gasteiger partial charge in [0, 0.05) is 11.3 Å². The first-order valence-corrected chi connectivity index (χ1v) is 6.86. The van der Waals surface area contributed by atoms with Crippen LogP contribution in [0.25, 0.3) is 6.08 Å². The molecule has 0 radical (unpaired) electrons. The van der Waals surface area contributed by atoms with E-state index < -0.39 is 7.12 Å². The van der Waals surface area contributed by atoms with Gasteiger partial charge in [0.1, 0.15) is 0 Å². The molecule has 0 atom stereocenters. The summed E-state index contributed by atoms with van der Waals surface area (Å²) in [6.07, 6.45) is 1.85. The molecule has 0 spiro atoms. The minimum absolute atomic E-state index is 0.0314. The molecule has 0 unspecified atom stereocenters. The van der Waals surface area contributed by atoms with E-state index in [4.69, 9.17) is 9.31 Å². The number of aliphatic hydroxyl groups excluding tert-OH is 1. The van der Waals surface area contributed by atoms with Crippen molar-refractivity contribution >= 4 is 13.2 Å². The van der Waals surface area contributed by atoms with Crippen LogP contribution in [0.5, 0.6) is 0 Å². The molecule has 1 aromatic rings. The van der Waals surface area contributed by atoms with Gasteiger partial charge >= 0.3 is 7.12 Å². The Morgan fingerprint density at radius 3 is 2.35 bits per heavy atom. The predicted molar refractivity (Wildman–Crippen MR) is 80.0 cm³/mol. The first-order valence-electron chi connectivity index (χ1n) is 6.86. The number of pyridine rings is 1. The molecule has 4 nitrogen and oxygen atoms in total. The molecular formula is C15H22BNO3. The summed E-state index contributed by atoms with van der Waals surface area (Å²) in [7, 11) is -0.395. The molecule has 1 fully saturated rings. The number of hydrogen-bond acceptors (Lipinski definition) is 4. The smallest absolute Gasteiger partial charge is 0.400 e. The quantitative estimate of drug-likeness (QED) is 0.861. The van der Waals surface area contributed by atoms with Crippen LogP contribution in [0.15, 0.2) is 18.1 Å². The van der Waals surface area contributed by atoms with Crippen LogP contribution < -0.4 is 0 Å². The Kier molecular flexibility index (Phi) is 4.05. The molecule has 0 saturated carbocycles. The highest BCUT2D eigenvalue weighted by Crippen LogP contribution is 2.37. The second kappa shape index (κ2) is 5.32. The van der Waals surface area contributed by atoms with Crippen molar-refractivity contribution in [3.8, 4) is 0 Å². The van der Waals surface area contributed by atoms with E-state index in [1.165, 1.54) is 0 Å². The average Bonchev–Trinajstić information content (AvgIpc) is 2.55. The zero-order valence-corrected chi connectivity index (χ0v) is 12.8. The molecule has 20 heavy (non-hydrogen) atoms. The molecule has 0 aromatic carbocycles. The van der Waals surface area contributed by atoms with Gasteiger partial charge in [0.15, 0.2) is 0 Å². The predicted octanol–water partition coefficient (Wildman–Crippen LogP) is 2.53. The van der Waals surface area contributed by atoms with Gasteiger partial charge in [-0.05, 0) is 46.8 Å². The Hall–Kier alpha value is -1.17. The van der Waals surface area contributed by atoms with Crippen LogP contribution in [-0.4, -0.2) is 28.4 Å². The summed E-state index contributed by atoms with van der Waals surface area (Å²) < 4.78 is 11.8. The highest BCUT2D eigenvalue weighted by atomic mass is 16.7. The van der Waals surface area contributed by atoms with Crippen molar-refractivity contribution in [1.82, 2.24) is 4.98 Å². The molecule has 0 amide bonds. The number of rotatable bonds is 3. The van der Waals surface area contributed by atoms with Crippen molar-refractivity contribution in [3.05, 3.63) is 35.1 Å². The van der Waals surface area contributed by atoms with E-state index in [-0.39, 0.29) is 17.8 Å². The Bertz CT molecular complexity index is 510. The number of nitrogens with zero attached hydrogens (tertiary/aromatic N) is 1. The third kappa shape index (κ3) is 2.95. The van der Waals surface area contributed by atoms with Crippen LogP contribution in [0.1, 0.15) is 44.6 Å². The zero-order chi connectivity index (χ0) is 15.0. The van der Waals surface area contributed by atoms with E-state index in [2.05, 4.69) is 4.98 Å². The van der Waals surface area contributed by atoms with Gasteiger partial charge in [-0.15, -0.1) is 0 Å². The number of aromatic nitrogens is 1. The minimum Gasteiger partial charge on any atom is -0.400 e. The van der Waals surface area contributed by atoms with E-state index in [0.717, 1.165) is 17.0 Å². The molecule has 1 aromatic heterocycles. The van der Waals surface area contributed by atoms with E-state index in [1.807, 2.05) is 58.8 Å². The Labute approximate surface area is 121 Å². The highest BCUT2D eigenvalue weighted by molar-refractivity contribution is 6.52. The first kappa shape index (κ1) is 15.2. The second-order valence-corrected chi connectivity index (χ2v) is 6.14. The van der Waals surface area contributed by atoms with E-state index in [0.29, 0.717) is 0 Å². The van der Waals surface area contributed by atoms with Crippen molar-refractivity contribution < 1.29 is 14.4 Å². The summed E-state index contributed by atoms with van der Waals surface area (Å²) in [5.41, 5.74) is 1.77. The molecule has 1 aliphatic rings. The number of hydrogen-bond donors (Lipinski definition) is 1. The van der Waals surface area contributed by atoms with E-state index in [1.54, 1.807) is 0 Å². The van der Waals surface area contributed by atoms with E-state index in [9.17, 15) is 5.11 Å². The molecule has 1 saturated heterocycles. The maximum Gasteiger partial charge on any atom is 0.487 e. The van der Waals surface area contributed by atoms with Gasteiger partial charge in [0.25, 0.3) is 0 Å². The van der Waals surface area contributed by atoms with Crippen LogP contribution in [0.4, 0.5) is 0 Å². The van der Waals surface area contributed by atoms with Gasteiger partial charge in [-0.25, -0.2) is 0 Å². The summed E-state index contributed by atoms with van der Waals surface area (Å²) in [6.45, 7) is 9.97. The largest absolute Gasteiger partial charge is 0.487 e. The van der Waals surface area contributed by atoms with Gasteiger partial charge in [0.05, 0.1) is 23.5 Å². The standard InChI is InChI=1S/C15H22BNO3/c1-11-6-7-12(10-18)13(17-11)8-9-16-19-14(2,3)15(4,5)20-16/h6-9,18H,10H2,1-5H3/b9-8+. The number of aryl methyl sites for hydroxylation is 1. The molecule has 108 valence electrons. The third-order valence-electron chi connectivity index (χ3n) is 4.00. The molecule has 0 aliphatic carbocycles. The average molecular weight is 275 g/mol. The summed E-state index contributed by atoms with van der Waals surface area (Å²) in [5, 5.41) is 9.33. The van der Waals surface area contributed by atoms with Gasteiger partial charge in [0.2, 0.25) is 0 Å². The lowest BCUT2D eigenvalue weighted by Crippen LogP contribution is -2.41. The van der Waals surface area contributed by atoms with Crippen LogP contribution in [-0.2, 0) is 15.9 Å². The maximum atomic E-state index is 9.33. The van der Waals surface area contributed by atoms with Gasteiger partial charge in [-0.1, -0.05) is 12.0 Å². The molecule has 2 rings (SSSR count). The van der Waals surface area contributed by atoms with Crippen LogP contribution in [0, 0.1) is 6.92 Å². The monoisotopic (exact) mass is 275 g/mol. The summed E-state index contributed by atoms with van der Waals surface area (Å²) in [5.74, 6) is 1.84. The van der Waals surface area contributed by atoms with Crippen molar-refractivity contribution in [2.75, 3.05) is 0 Å². The van der Waals surface area contributed by atoms with Crippen molar-refractivity contribution in [3.63, 3.8) is 0 Å². The first-order chi connectivity index (χ1) is 9.25. The SMILES string of the molecule is Cc1ccc(CO)c(/C=C/B2OC(C)(C)C(C)(C)O2)n1. The lowest BCUT2D eigenvalue weighted by molar-refractivity contribution is 0.00578. The van der Waals surface area contributed by atoms with Crippen LogP contribution >= 0.6 is 0 Å². The van der Waals surface area contributed by atoms with Crippen molar-refractivity contribution in [2.45, 2.75) is 52.4 Å². The lowest BCUT2D eigenvalue weighted by Gasteiger charge is -2.32. The Morgan fingerprint density at radius 1 is 1.20 bits per heavy atom. The summed E-state index contributed by atoms with van der Waals surface area (Å²) in [6, 6.07) is 3.77. The molecule has 1 aliphatic heterocycles. The molecule has 5 heteroatoms. The van der Waals surface area contributed by atoms with Gasteiger partial charge in [-0.2, -0.15) is 0 Å². The fraction of sp³-hybridized carbons (Fsp3) is 0.533. The Morgan fingerprint density at radius 2 is 1.80 bits per heavy atom. The Balaban J connectivity index is 2.17. The third-order valence-corrected chi connectivity index (χ3v) is 4.00. The topological polar surface area (TPSA) is 51.6 Å². The summed E-state index contributed by atoms with van der Waals surface area (Å²) in [4.78, 5) is 4.42. The van der Waals surface area contributed by atoms with E-state index >= 15 is 0 Å². The van der Waals surface area contributed by atoms with Crippen molar-refractivity contribution in [1.29, 1.82) is 0 Å². The van der Waals surface area contributed by atoms with Crippen LogP contribution in [0.3, 0.4) is 0 Å². The van der Waals surface area contributed by atoms with Crippen LogP contribution in [0.2, 0.25) is 0 Å². The molecule has 1 N–H and O–H groups in total. The number of aliphatic hydroxyl groups is 1. The normalized spacial score (nSPS) is 20.8. The minimum atomic E-state index is -0.395. The fourth-order valence-corrected chi connectivity index (χ4v) is 2.02. The molecular weight excluding hydrogens is 253 g/mol. The van der Waals surface area contributed by atoms with Gasteiger partial charge in [-0.3, -0.25) is 4.98 Å². The fourth-order valence-electron chi connectivity index (χ4n) is 2.02. The zero-order valence-electron chi connectivity index (χ0n) is 12.8. The maximum absolute atomic E-state index is 9.33. The van der Waals surface area contributed by atoms with Crippen molar-refractivity contribution in [2.24, 2.45) is 0 Å². The second-order valence-electron chi connectivity index (χ2n) is 6.14. The lowest BCUT2D eigenvalue weighted by atomic mass is 9.89. The molecule has 2 heterocycles. The highest BCUT2D eigenvalue weighted by Gasteiger charge is 2.50.